The lowest BCUT2D eigenvalue weighted by Crippen LogP contribution is -1.97. The van der Waals surface area contributed by atoms with Crippen LogP contribution in [0.5, 0.6) is 11.5 Å². The lowest BCUT2D eigenvalue weighted by Gasteiger charge is -2.12. The van der Waals surface area contributed by atoms with Crippen molar-refractivity contribution in [1.29, 1.82) is 0 Å². The van der Waals surface area contributed by atoms with Gasteiger partial charge in [0.2, 0.25) is 0 Å². The lowest BCUT2D eigenvalue weighted by atomic mass is 10.2. The standard InChI is InChI=1S/C15H14Cl2N2O2/c1-20-14-10(8-12(16)15(21-2)13(14)17)9-18-19-11-6-4-3-5-7-11/h3-9,19H,1-2H3/b18-9+. The molecular formula is C15H14Cl2N2O2. The van der Waals surface area contributed by atoms with Gasteiger partial charge in [0.25, 0.3) is 0 Å². The van der Waals surface area contributed by atoms with Crippen molar-refractivity contribution in [2.45, 2.75) is 0 Å². The molecule has 6 heteroatoms. The molecule has 0 aliphatic rings. The van der Waals surface area contributed by atoms with E-state index in [1.165, 1.54) is 14.2 Å². The minimum Gasteiger partial charge on any atom is -0.494 e. The summed E-state index contributed by atoms with van der Waals surface area (Å²) in [6.07, 6.45) is 1.59. The van der Waals surface area contributed by atoms with Gasteiger partial charge in [-0.3, -0.25) is 5.43 Å². The molecule has 21 heavy (non-hydrogen) atoms. The van der Waals surface area contributed by atoms with Crippen molar-refractivity contribution >= 4 is 35.1 Å². The van der Waals surface area contributed by atoms with Crippen LogP contribution in [0.4, 0.5) is 5.69 Å². The molecule has 0 aliphatic carbocycles. The maximum Gasteiger partial charge on any atom is 0.159 e. The second-order valence-corrected chi connectivity index (χ2v) is 4.85. The first-order valence-corrected chi connectivity index (χ1v) is 6.87. The third-order valence-corrected chi connectivity index (χ3v) is 3.36. The summed E-state index contributed by atoms with van der Waals surface area (Å²) in [4.78, 5) is 0. The zero-order valence-corrected chi connectivity index (χ0v) is 13.1. The highest BCUT2D eigenvalue weighted by Crippen LogP contribution is 2.41. The van der Waals surface area contributed by atoms with Crippen molar-refractivity contribution in [3.8, 4) is 11.5 Å². The molecule has 0 radical (unpaired) electrons. The number of hydrazone groups is 1. The molecule has 0 aromatic heterocycles. The smallest absolute Gasteiger partial charge is 0.159 e. The summed E-state index contributed by atoms with van der Waals surface area (Å²) < 4.78 is 10.4. The summed E-state index contributed by atoms with van der Waals surface area (Å²) in [5.41, 5.74) is 4.43. The Morgan fingerprint density at radius 3 is 2.33 bits per heavy atom. The number of benzene rings is 2. The lowest BCUT2D eigenvalue weighted by molar-refractivity contribution is 0.394. The Kier molecular flexibility index (Phi) is 5.31. The van der Waals surface area contributed by atoms with Crippen LogP contribution in [-0.2, 0) is 0 Å². The van der Waals surface area contributed by atoms with E-state index < -0.39 is 0 Å². The van der Waals surface area contributed by atoms with Crippen LogP contribution in [0.2, 0.25) is 10.0 Å². The van der Waals surface area contributed by atoms with Crippen LogP contribution in [-0.4, -0.2) is 20.4 Å². The maximum atomic E-state index is 6.20. The molecule has 0 heterocycles. The van der Waals surface area contributed by atoms with Crippen LogP contribution in [0.25, 0.3) is 0 Å². The molecule has 2 aromatic carbocycles. The van der Waals surface area contributed by atoms with Crippen molar-refractivity contribution < 1.29 is 9.47 Å². The number of halogens is 2. The quantitative estimate of drug-likeness (QED) is 0.652. The Labute approximate surface area is 133 Å². The highest BCUT2D eigenvalue weighted by molar-refractivity contribution is 6.38. The average Bonchev–Trinajstić information content (AvgIpc) is 2.49. The van der Waals surface area contributed by atoms with E-state index in [4.69, 9.17) is 32.7 Å². The van der Waals surface area contributed by atoms with E-state index >= 15 is 0 Å². The molecule has 0 bridgehead atoms. The second-order valence-electron chi connectivity index (χ2n) is 4.06. The van der Waals surface area contributed by atoms with E-state index in [9.17, 15) is 0 Å². The fourth-order valence-corrected chi connectivity index (χ4v) is 2.48. The molecule has 0 atom stereocenters. The molecule has 2 rings (SSSR count). The number of hydrogen-bond acceptors (Lipinski definition) is 4. The minimum atomic E-state index is 0.314. The van der Waals surface area contributed by atoms with E-state index in [2.05, 4.69) is 10.5 Å². The molecule has 0 saturated carbocycles. The van der Waals surface area contributed by atoms with Gasteiger partial charge in [-0.2, -0.15) is 5.10 Å². The van der Waals surface area contributed by atoms with Gasteiger partial charge in [0.1, 0.15) is 10.8 Å². The predicted octanol–water partition coefficient (Wildman–Crippen LogP) is 4.46. The Morgan fingerprint density at radius 1 is 1.05 bits per heavy atom. The van der Waals surface area contributed by atoms with Crippen molar-refractivity contribution in [3.05, 3.63) is 52.0 Å². The van der Waals surface area contributed by atoms with Crippen molar-refractivity contribution in [1.82, 2.24) is 0 Å². The Balaban J connectivity index is 2.27. The van der Waals surface area contributed by atoms with Gasteiger partial charge in [-0.15, -0.1) is 0 Å². The molecule has 0 unspecified atom stereocenters. The van der Waals surface area contributed by atoms with E-state index in [0.717, 1.165) is 5.69 Å². The molecule has 0 aliphatic heterocycles. The van der Waals surface area contributed by atoms with E-state index in [-0.39, 0.29) is 0 Å². The van der Waals surface area contributed by atoms with Gasteiger partial charge in [-0.25, -0.2) is 0 Å². The third kappa shape index (κ3) is 3.60. The van der Waals surface area contributed by atoms with Crippen LogP contribution in [0.3, 0.4) is 0 Å². The molecule has 0 spiro atoms. The third-order valence-electron chi connectivity index (χ3n) is 2.74. The fraction of sp³-hybridized carbons (Fsp3) is 0.133. The van der Waals surface area contributed by atoms with Crippen LogP contribution in [0, 0.1) is 0 Å². The molecule has 4 nitrogen and oxygen atoms in total. The number of methoxy groups -OCH3 is 2. The first-order valence-electron chi connectivity index (χ1n) is 6.11. The molecule has 0 amide bonds. The fourth-order valence-electron chi connectivity index (χ4n) is 1.78. The van der Waals surface area contributed by atoms with E-state index in [1.807, 2.05) is 30.3 Å². The molecular weight excluding hydrogens is 311 g/mol. The second kappa shape index (κ2) is 7.20. The van der Waals surface area contributed by atoms with Gasteiger partial charge in [0.05, 0.1) is 31.1 Å². The van der Waals surface area contributed by atoms with Crippen LogP contribution < -0.4 is 14.9 Å². The zero-order valence-electron chi connectivity index (χ0n) is 11.6. The zero-order chi connectivity index (χ0) is 15.2. The number of anilines is 1. The predicted molar refractivity (Wildman–Crippen MR) is 87.2 cm³/mol. The summed E-state index contributed by atoms with van der Waals surface area (Å²) in [5, 5.41) is 4.85. The molecule has 0 saturated heterocycles. The maximum absolute atomic E-state index is 6.20. The van der Waals surface area contributed by atoms with E-state index in [0.29, 0.717) is 27.1 Å². The van der Waals surface area contributed by atoms with Crippen molar-refractivity contribution in [2.75, 3.05) is 19.6 Å². The summed E-state index contributed by atoms with van der Waals surface area (Å²) >= 11 is 12.3. The Bertz CT molecular complexity index is 646. The number of nitrogens with one attached hydrogen (secondary N) is 1. The number of ether oxygens (including phenoxy) is 2. The minimum absolute atomic E-state index is 0.314. The van der Waals surface area contributed by atoms with Crippen molar-refractivity contribution in [3.63, 3.8) is 0 Å². The highest BCUT2D eigenvalue weighted by atomic mass is 35.5. The van der Waals surface area contributed by atoms with E-state index in [1.54, 1.807) is 12.3 Å². The first kappa shape index (κ1) is 15.5. The molecule has 110 valence electrons. The van der Waals surface area contributed by atoms with Gasteiger partial charge < -0.3 is 9.47 Å². The monoisotopic (exact) mass is 324 g/mol. The van der Waals surface area contributed by atoms with Gasteiger partial charge in [0, 0.05) is 5.56 Å². The number of hydrogen-bond donors (Lipinski definition) is 1. The molecule has 1 N–H and O–H groups in total. The highest BCUT2D eigenvalue weighted by Gasteiger charge is 2.16. The summed E-state index contributed by atoms with van der Waals surface area (Å²) in [5.74, 6) is 0.833. The van der Waals surface area contributed by atoms with Gasteiger partial charge >= 0.3 is 0 Å². The van der Waals surface area contributed by atoms with Crippen LogP contribution in [0.15, 0.2) is 41.5 Å². The molecule has 2 aromatic rings. The number of para-hydroxylation sites is 1. The Morgan fingerprint density at radius 2 is 1.71 bits per heavy atom. The van der Waals surface area contributed by atoms with Gasteiger partial charge in [0.15, 0.2) is 5.75 Å². The van der Waals surface area contributed by atoms with Gasteiger partial charge in [-0.05, 0) is 18.2 Å². The Hall–Kier alpha value is -1.91. The average molecular weight is 325 g/mol. The number of rotatable bonds is 5. The molecule has 0 fully saturated rings. The normalized spacial score (nSPS) is 10.7. The summed E-state index contributed by atoms with van der Waals surface area (Å²) in [7, 11) is 3.02. The van der Waals surface area contributed by atoms with Crippen LogP contribution >= 0.6 is 23.2 Å². The summed E-state index contributed by atoms with van der Waals surface area (Å²) in [6, 6.07) is 11.3. The SMILES string of the molecule is COc1c(Cl)cc(/C=N/Nc2ccccc2)c(OC)c1Cl. The largest absolute Gasteiger partial charge is 0.494 e. The van der Waals surface area contributed by atoms with Gasteiger partial charge in [-0.1, -0.05) is 41.4 Å². The number of nitrogens with zero attached hydrogens (tertiary/aromatic N) is 1. The topological polar surface area (TPSA) is 42.8 Å². The van der Waals surface area contributed by atoms with Crippen LogP contribution in [0.1, 0.15) is 5.56 Å². The first-order chi connectivity index (χ1) is 10.2. The summed E-state index contributed by atoms with van der Waals surface area (Å²) in [6.45, 7) is 0. The van der Waals surface area contributed by atoms with Crippen molar-refractivity contribution in [2.24, 2.45) is 5.10 Å².